The third kappa shape index (κ3) is 2.36. The number of nitrogens with two attached hydrogens (primary N) is 1. The number of halogens is 2. The van der Waals surface area contributed by atoms with Crippen molar-refractivity contribution in [1.29, 1.82) is 0 Å². The minimum Gasteiger partial charge on any atom is -0.383 e. The number of anilines is 1. The molecule has 1 aromatic carbocycles. The SMILES string of the molecule is Cn1ncc(C(=O)Cc2ccc(Cl)c(F)c2)c1N. The van der Waals surface area contributed by atoms with Gasteiger partial charge in [-0.25, -0.2) is 4.39 Å². The lowest BCUT2D eigenvalue weighted by atomic mass is 10.0. The van der Waals surface area contributed by atoms with Gasteiger partial charge in [0.05, 0.1) is 16.8 Å². The van der Waals surface area contributed by atoms with E-state index in [9.17, 15) is 9.18 Å². The van der Waals surface area contributed by atoms with E-state index in [0.29, 0.717) is 16.9 Å². The van der Waals surface area contributed by atoms with Crippen LogP contribution in [-0.2, 0) is 13.5 Å². The second-order valence-corrected chi connectivity index (χ2v) is 4.32. The van der Waals surface area contributed by atoms with Crippen molar-refractivity contribution in [2.45, 2.75) is 6.42 Å². The molecule has 1 aromatic heterocycles. The number of hydrogen-bond acceptors (Lipinski definition) is 3. The number of aromatic nitrogens is 2. The largest absolute Gasteiger partial charge is 0.383 e. The summed E-state index contributed by atoms with van der Waals surface area (Å²) in [5.41, 5.74) is 6.58. The number of nitrogens with zero attached hydrogens (tertiary/aromatic N) is 2. The smallest absolute Gasteiger partial charge is 0.172 e. The lowest BCUT2D eigenvalue weighted by Crippen LogP contribution is -2.07. The van der Waals surface area contributed by atoms with Crippen molar-refractivity contribution in [1.82, 2.24) is 9.78 Å². The lowest BCUT2D eigenvalue weighted by Gasteiger charge is -2.02. The highest BCUT2D eigenvalue weighted by Crippen LogP contribution is 2.18. The molecule has 0 saturated carbocycles. The number of aryl methyl sites for hydroxylation is 1. The van der Waals surface area contributed by atoms with Crippen LogP contribution in [0.25, 0.3) is 0 Å². The zero-order chi connectivity index (χ0) is 13.3. The van der Waals surface area contributed by atoms with Crippen LogP contribution in [0.3, 0.4) is 0 Å². The first-order valence-electron chi connectivity index (χ1n) is 5.23. The van der Waals surface area contributed by atoms with Gasteiger partial charge in [0.15, 0.2) is 5.78 Å². The number of carbonyl (C=O) groups excluding carboxylic acids is 1. The predicted octanol–water partition coefficient (Wildman–Crippen LogP) is 2.22. The standard InChI is InChI=1S/C12H11ClFN3O/c1-17-12(15)8(6-16-17)11(18)5-7-2-3-9(13)10(14)4-7/h2-4,6H,5,15H2,1H3. The van der Waals surface area contributed by atoms with Crippen LogP contribution in [0.4, 0.5) is 10.2 Å². The van der Waals surface area contributed by atoms with Gasteiger partial charge in [0.1, 0.15) is 11.6 Å². The van der Waals surface area contributed by atoms with Crippen molar-refractivity contribution >= 4 is 23.2 Å². The highest BCUT2D eigenvalue weighted by atomic mass is 35.5. The average Bonchev–Trinajstić information content (AvgIpc) is 2.65. The Morgan fingerprint density at radius 3 is 2.83 bits per heavy atom. The fourth-order valence-corrected chi connectivity index (χ4v) is 1.71. The number of Topliss-reactive ketones (excluding diaryl/α,β-unsaturated/α-hetero) is 1. The van der Waals surface area contributed by atoms with E-state index in [0.717, 1.165) is 0 Å². The van der Waals surface area contributed by atoms with E-state index in [1.54, 1.807) is 13.1 Å². The number of benzene rings is 1. The molecular formula is C12H11ClFN3O. The van der Waals surface area contributed by atoms with E-state index in [4.69, 9.17) is 17.3 Å². The Kier molecular flexibility index (Phi) is 3.34. The molecule has 0 spiro atoms. The van der Waals surface area contributed by atoms with Gasteiger partial charge in [0, 0.05) is 13.5 Å². The first kappa shape index (κ1) is 12.6. The van der Waals surface area contributed by atoms with Crippen LogP contribution in [0.5, 0.6) is 0 Å². The van der Waals surface area contributed by atoms with Crippen molar-refractivity contribution in [3.05, 3.63) is 46.4 Å². The number of rotatable bonds is 3. The maximum Gasteiger partial charge on any atom is 0.172 e. The fourth-order valence-electron chi connectivity index (χ4n) is 1.59. The molecule has 2 aromatic rings. The van der Waals surface area contributed by atoms with Crippen LogP contribution in [0, 0.1) is 5.82 Å². The van der Waals surface area contributed by atoms with Gasteiger partial charge < -0.3 is 5.73 Å². The summed E-state index contributed by atoms with van der Waals surface area (Å²) in [6.45, 7) is 0. The maximum atomic E-state index is 13.2. The van der Waals surface area contributed by atoms with Gasteiger partial charge in [-0.05, 0) is 17.7 Å². The predicted molar refractivity (Wildman–Crippen MR) is 67.1 cm³/mol. The third-order valence-corrected chi connectivity index (χ3v) is 2.94. The molecule has 2 rings (SSSR count). The molecular weight excluding hydrogens is 257 g/mol. The van der Waals surface area contributed by atoms with E-state index >= 15 is 0 Å². The van der Waals surface area contributed by atoms with Crippen LogP contribution in [-0.4, -0.2) is 15.6 Å². The van der Waals surface area contributed by atoms with Gasteiger partial charge in [0.2, 0.25) is 0 Å². The summed E-state index contributed by atoms with van der Waals surface area (Å²) < 4.78 is 14.6. The first-order valence-corrected chi connectivity index (χ1v) is 5.61. The molecule has 0 aliphatic carbocycles. The van der Waals surface area contributed by atoms with E-state index in [-0.39, 0.29) is 17.2 Å². The molecule has 0 radical (unpaired) electrons. The number of nitrogen functional groups attached to an aromatic ring is 1. The van der Waals surface area contributed by atoms with Crippen molar-refractivity contribution in [3.63, 3.8) is 0 Å². The molecule has 0 aliphatic rings. The molecule has 0 unspecified atom stereocenters. The van der Waals surface area contributed by atoms with Crippen LogP contribution in [0.2, 0.25) is 5.02 Å². The highest BCUT2D eigenvalue weighted by molar-refractivity contribution is 6.30. The lowest BCUT2D eigenvalue weighted by molar-refractivity contribution is 0.0994. The summed E-state index contributed by atoms with van der Waals surface area (Å²) in [6, 6.07) is 4.27. The third-order valence-electron chi connectivity index (χ3n) is 2.63. The molecule has 1 heterocycles. The summed E-state index contributed by atoms with van der Waals surface area (Å²) in [4.78, 5) is 12.0. The van der Waals surface area contributed by atoms with Crippen molar-refractivity contribution < 1.29 is 9.18 Å². The summed E-state index contributed by atoms with van der Waals surface area (Å²) in [5.74, 6) is -0.446. The molecule has 94 valence electrons. The number of hydrogen-bond donors (Lipinski definition) is 1. The Hall–Kier alpha value is -1.88. The topological polar surface area (TPSA) is 60.9 Å². The fraction of sp³-hybridized carbons (Fsp3) is 0.167. The van der Waals surface area contributed by atoms with E-state index < -0.39 is 5.82 Å². The van der Waals surface area contributed by atoms with E-state index in [1.807, 2.05) is 0 Å². The van der Waals surface area contributed by atoms with Gasteiger partial charge in [0.25, 0.3) is 0 Å². The molecule has 0 amide bonds. The Bertz CT molecular complexity index is 609. The summed E-state index contributed by atoms with van der Waals surface area (Å²) >= 11 is 5.57. The van der Waals surface area contributed by atoms with Crippen molar-refractivity contribution in [2.75, 3.05) is 5.73 Å². The molecule has 0 fully saturated rings. The van der Waals surface area contributed by atoms with Crippen LogP contribution in [0.15, 0.2) is 24.4 Å². The zero-order valence-corrected chi connectivity index (χ0v) is 10.4. The Morgan fingerprint density at radius 1 is 1.56 bits per heavy atom. The summed E-state index contributed by atoms with van der Waals surface area (Å²) in [6.07, 6.45) is 1.47. The van der Waals surface area contributed by atoms with Crippen LogP contribution < -0.4 is 5.73 Å². The minimum absolute atomic E-state index is 0.0343. The highest BCUT2D eigenvalue weighted by Gasteiger charge is 2.14. The monoisotopic (exact) mass is 267 g/mol. The molecule has 0 aliphatic heterocycles. The molecule has 6 heteroatoms. The van der Waals surface area contributed by atoms with Gasteiger partial charge in [-0.15, -0.1) is 0 Å². The molecule has 0 saturated heterocycles. The first-order chi connectivity index (χ1) is 8.49. The van der Waals surface area contributed by atoms with Gasteiger partial charge in [-0.1, -0.05) is 17.7 Å². The summed E-state index contributed by atoms with van der Waals surface area (Å²) in [7, 11) is 1.65. The summed E-state index contributed by atoms with van der Waals surface area (Å²) in [5, 5.41) is 3.92. The van der Waals surface area contributed by atoms with Crippen LogP contribution in [0.1, 0.15) is 15.9 Å². The second kappa shape index (κ2) is 4.78. The van der Waals surface area contributed by atoms with Gasteiger partial charge in [-0.2, -0.15) is 5.10 Å². The maximum absolute atomic E-state index is 13.2. The average molecular weight is 268 g/mol. The quantitative estimate of drug-likeness (QED) is 0.868. The number of ketones is 1. The molecule has 18 heavy (non-hydrogen) atoms. The van der Waals surface area contributed by atoms with Gasteiger partial charge in [-0.3, -0.25) is 9.48 Å². The second-order valence-electron chi connectivity index (χ2n) is 3.92. The normalized spacial score (nSPS) is 10.6. The zero-order valence-electron chi connectivity index (χ0n) is 9.65. The van der Waals surface area contributed by atoms with Crippen LogP contribution >= 0.6 is 11.6 Å². The molecule has 4 nitrogen and oxygen atoms in total. The number of carbonyl (C=O) groups is 1. The molecule has 0 atom stereocenters. The molecule has 0 bridgehead atoms. The van der Waals surface area contributed by atoms with E-state index in [2.05, 4.69) is 5.10 Å². The Labute approximate surface area is 108 Å². The molecule has 2 N–H and O–H groups in total. The Balaban J connectivity index is 2.21. The van der Waals surface area contributed by atoms with E-state index in [1.165, 1.54) is 23.0 Å². The van der Waals surface area contributed by atoms with Crippen molar-refractivity contribution in [3.8, 4) is 0 Å². The minimum atomic E-state index is -0.541. The Morgan fingerprint density at radius 2 is 2.28 bits per heavy atom. The van der Waals surface area contributed by atoms with Crippen molar-refractivity contribution in [2.24, 2.45) is 7.05 Å². The van der Waals surface area contributed by atoms with Gasteiger partial charge >= 0.3 is 0 Å².